The lowest BCUT2D eigenvalue weighted by Gasteiger charge is -2.20. The molecule has 0 fully saturated rings. The van der Waals surface area contributed by atoms with E-state index in [0.717, 1.165) is 45.0 Å². The van der Waals surface area contributed by atoms with Crippen LogP contribution in [0.5, 0.6) is 0 Å². The molecule has 0 saturated carbocycles. The molecule has 0 spiro atoms. The molecule has 0 radical (unpaired) electrons. The van der Waals surface area contributed by atoms with Crippen LogP contribution in [-0.4, -0.2) is 57.2 Å². The molecule has 0 aliphatic carbocycles. The van der Waals surface area contributed by atoms with Crippen molar-refractivity contribution in [3.05, 3.63) is 35.9 Å². The minimum atomic E-state index is 0.137. The maximum Gasteiger partial charge on any atom is 0.190 e. The zero-order valence-electron chi connectivity index (χ0n) is 17.3. The van der Waals surface area contributed by atoms with E-state index in [1.54, 1.807) is 0 Å². The van der Waals surface area contributed by atoms with E-state index in [2.05, 4.69) is 60.5 Å². The monoisotopic (exact) mass is 362 g/mol. The molecule has 26 heavy (non-hydrogen) atoms. The van der Waals surface area contributed by atoms with E-state index >= 15 is 0 Å². The first kappa shape index (κ1) is 22.5. The van der Waals surface area contributed by atoms with Crippen LogP contribution in [-0.2, 0) is 4.74 Å². The summed E-state index contributed by atoms with van der Waals surface area (Å²) in [4.78, 5) is 6.65. The van der Waals surface area contributed by atoms with Crippen LogP contribution >= 0.6 is 0 Å². The molecular weight excluding hydrogens is 324 g/mol. The second-order valence-corrected chi connectivity index (χ2v) is 6.98. The lowest BCUT2D eigenvalue weighted by Crippen LogP contribution is -2.38. The SMILES string of the molecule is CN=C(NCCCCN(C)C(C)C)NCCCOC(C)c1ccccc1. The Morgan fingerprint density at radius 1 is 1.04 bits per heavy atom. The van der Waals surface area contributed by atoms with E-state index in [4.69, 9.17) is 4.74 Å². The fourth-order valence-electron chi connectivity index (χ4n) is 2.53. The average molecular weight is 363 g/mol. The molecular formula is C21H38N4O. The molecule has 0 amide bonds. The predicted molar refractivity (Wildman–Crippen MR) is 112 cm³/mol. The third-order valence-electron chi connectivity index (χ3n) is 4.59. The Morgan fingerprint density at radius 3 is 2.31 bits per heavy atom. The van der Waals surface area contributed by atoms with Crippen LogP contribution in [0.15, 0.2) is 35.3 Å². The predicted octanol–water partition coefficient (Wildman–Crippen LogP) is 3.44. The maximum absolute atomic E-state index is 5.89. The summed E-state index contributed by atoms with van der Waals surface area (Å²) in [6.45, 7) is 10.2. The van der Waals surface area contributed by atoms with Crippen molar-refractivity contribution in [2.45, 2.75) is 52.2 Å². The normalized spacial score (nSPS) is 13.3. The topological polar surface area (TPSA) is 48.9 Å². The van der Waals surface area contributed by atoms with Gasteiger partial charge in [-0.05, 0) is 59.2 Å². The highest BCUT2D eigenvalue weighted by Gasteiger charge is 2.05. The van der Waals surface area contributed by atoms with Crippen molar-refractivity contribution in [2.24, 2.45) is 4.99 Å². The summed E-state index contributed by atoms with van der Waals surface area (Å²) in [5, 5.41) is 6.73. The van der Waals surface area contributed by atoms with Crippen molar-refractivity contribution in [1.29, 1.82) is 0 Å². The van der Waals surface area contributed by atoms with Gasteiger partial charge in [-0.2, -0.15) is 0 Å². The highest BCUT2D eigenvalue weighted by molar-refractivity contribution is 5.79. The van der Waals surface area contributed by atoms with Gasteiger partial charge in [-0.15, -0.1) is 0 Å². The molecule has 0 bridgehead atoms. The molecule has 0 aliphatic rings. The third-order valence-corrected chi connectivity index (χ3v) is 4.59. The Labute approximate surface area is 160 Å². The number of nitrogens with one attached hydrogen (secondary N) is 2. The van der Waals surface area contributed by atoms with Crippen LogP contribution in [0.25, 0.3) is 0 Å². The van der Waals surface area contributed by atoms with Crippen molar-refractivity contribution in [2.75, 3.05) is 40.3 Å². The molecule has 1 rings (SSSR count). The van der Waals surface area contributed by atoms with Crippen LogP contribution in [0.1, 0.15) is 51.7 Å². The molecule has 1 aromatic rings. The first-order valence-corrected chi connectivity index (χ1v) is 9.86. The summed E-state index contributed by atoms with van der Waals surface area (Å²) in [6.07, 6.45) is 3.44. The third kappa shape index (κ3) is 9.78. The lowest BCUT2D eigenvalue weighted by atomic mass is 10.1. The summed E-state index contributed by atoms with van der Waals surface area (Å²) < 4.78 is 5.89. The second kappa shape index (κ2) is 13.6. The molecule has 1 atom stereocenters. The van der Waals surface area contributed by atoms with E-state index < -0.39 is 0 Å². The van der Waals surface area contributed by atoms with Gasteiger partial charge >= 0.3 is 0 Å². The number of nitrogens with zero attached hydrogens (tertiary/aromatic N) is 2. The Bertz CT molecular complexity index is 490. The van der Waals surface area contributed by atoms with E-state index in [1.807, 2.05) is 25.2 Å². The van der Waals surface area contributed by atoms with E-state index in [0.29, 0.717) is 6.04 Å². The second-order valence-electron chi connectivity index (χ2n) is 6.98. The van der Waals surface area contributed by atoms with Crippen molar-refractivity contribution in [3.63, 3.8) is 0 Å². The largest absolute Gasteiger partial charge is 0.374 e. The molecule has 0 aromatic heterocycles. The summed E-state index contributed by atoms with van der Waals surface area (Å²) in [5.41, 5.74) is 1.22. The van der Waals surface area contributed by atoms with E-state index in [1.165, 1.54) is 12.0 Å². The van der Waals surface area contributed by atoms with Gasteiger partial charge in [0, 0.05) is 32.8 Å². The molecule has 2 N–H and O–H groups in total. The van der Waals surface area contributed by atoms with Crippen LogP contribution in [0.2, 0.25) is 0 Å². The molecule has 148 valence electrons. The molecule has 5 nitrogen and oxygen atoms in total. The first-order chi connectivity index (χ1) is 12.5. The summed E-state index contributed by atoms with van der Waals surface area (Å²) in [5.74, 6) is 0.873. The number of hydrogen-bond acceptors (Lipinski definition) is 3. The fraction of sp³-hybridized carbons (Fsp3) is 0.667. The molecule has 1 aromatic carbocycles. The van der Waals surface area contributed by atoms with E-state index in [-0.39, 0.29) is 6.10 Å². The molecule has 0 heterocycles. The summed E-state index contributed by atoms with van der Waals surface area (Å²) in [6, 6.07) is 11.0. The number of unbranched alkanes of at least 4 members (excludes halogenated alkanes) is 1. The van der Waals surface area contributed by atoms with Crippen LogP contribution in [0.3, 0.4) is 0 Å². The fourth-order valence-corrected chi connectivity index (χ4v) is 2.53. The number of aliphatic imine (C=N–C) groups is 1. The van der Waals surface area contributed by atoms with Gasteiger partial charge in [0.15, 0.2) is 5.96 Å². The van der Waals surface area contributed by atoms with Gasteiger partial charge in [0.05, 0.1) is 6.10 Å². The Morgan fingerprint density at radius 2 is 1.69 bits per heavy atom. The van der Waals surface area contributed by atoms with Gasteiger partial charge in [0.1, 0.15) is 0 Å². The Hall–Kier alpha value is -1.59. The number of benzene rings is 1. The van der Waals surface area contributed by atoms with Crippen molar-refractivity contribution in [1.82, 2.24) is 15.5 Å². The Balaban J connectivity index is 2.06. The lowest BCUT2D eigenvalue weighted by molar-refractivity contribution is 0.0646. The van der Waals surface area contributed by atoms with Gasteiger partial charge in [0.25, 0.3) is 0 Å². The van der Waals surface area contributed by atoms with Crippen molar-refractivity contribution < 1.29 is 4.74 Å². The smallest absolute Gasteiger partial charge is 0.190 e. The Kier molecular flexibility index (Phi) is 11.7. The van der Waals surface area contributed by atoms with Gasteiger partial charge in [-0.25, -0.2) is 0 Å². The molecule has 0 aliphatic heterocycles. The number of rotatable bonds is 12. The number of guanidine groups is 1. The standard InChI is InChI=1S/C21H38N4O/c1-18(2)25(5)16-10-9-14-23-21(22-4)24-15-11-17-26-19(3)20-12-7-6-8-13-20/h6-8,12-13,18-19H,9-11,14-17H2,1-5H3,(H2,22,23,24). The quantitative estimate of drug-likeness (QED) is 0.340. The van der Waals surface area contributed by atoms with Crippen LogP contribution in [0.4, 0.5) is 0 Å². The van der Waals surface area contributed by atoms with E-state index in [9.17, 15) is 0 Å². The zero-order valence-corrected chi connectivity index (χ0v) is 17.3. The first-order valence-electron chi connectivity index (χ1n) is 9.86. The number of hydrogen-bond donors (Lipinski definition) is 2. The van der Waals surface area contributed by atoms with Gasteiger partial charge in [-0.3, -0.25) is 4.99 Å². The van der Waals surface area contributed by atoms with Gasteiger partial charge in [-0.1, -0.05) is 30.3 Å². The summed E-state index contributed by atoms with van der Waals surface area (Å²) in [7, 11) is 4.00. The number of ether oxygens (including phenoxy) is 1. The van der Waals surface area contributed by atoms with Crippen molar-refractivity contribution >= 4 is 5.96 Å². The summed E-state index contributed by atoms with van der Waals surface area (Å²) >= 11 is 0. The highest BCUT2D eigenvalue weighted by Crippen LogP contribution is 2.15. The van der Waals surface area contributed by atoms with Gasteiger partial charge in [0.2, 0.25) is 0 Å². The molecule has 0 saturated heterocycles. The maximum atomic E-state index is 5.89. The minimum Gasteiger partial charge on any atom is -0.374 e. The minimum absolute atomic E-state index is 0.137. The van der Waals surface area contributed by atoms with Crippen molar-refractivity contribution in [3.8, 4) is 0 Å². The molecule has 1 unspecified atom stereocenters. The highest BCUT2D eigenvalue weighted by atomic mass is 16.5. The van der Waals surface area contributed by atoms with Crippen LogP contribution < -0.4 is 10.6 Å². The van der Waals surface area contributed by atoms with Gasteiger partial charge < -0.3 is 20.3 Å². The zero-order chi connectivity index (χ0) is 19.2. The average Bonchev–Trinajstić information content (AvgIpc) is 2.66. The molecule has 5 heteroatoms. The van der Waals surface area contributed by atoms with Crippen LogP contribution in [0, 0.1) is 0 Å².